The zero-order valence-electron chi connectivity index (χ0n) is 18.9. The fourth-order valence-corrected chi connectivity index (χ4v) is 7.16. The van der Waals surface area contributed by atoms with Crippen LogP contribution >= 0.6 is 0 Å². The number of aromatic hydroxyl groups is 2. The fourth-order valence-electron chi connectivity index (χ4n) is 7.16. The summed E-state index contributed by atoms with van der Waals surface area (Å²) in [6, 6.07) is 31.8. The minimum Gasteiger partial charge on any atom is -0.508 e. The number of hydrogen-bond acceptors (Lipinski definition) is 4. The van der Waals surface area contributed by atoms with Crippen molar-refractivity contribution in [2.45, 2.75) is 11.2 Å². The molecule has 4 nitrogen and oxygen atoms in total. The van der Waals surface area contributed by atoms with Crippen LogP contribution in [-0.4, -0.2) is 10.2 Å². The van der Waals surface area contributed by atoms with Gasteiger partial charge < -0.3 is 19.7 Å². The van der Waals surface area contributed by atoms with Gasteiger partial charge in [0.15, 0.2) is 0 Å². The first-order valence-electron chi connectivity index (χ1n) is 12.0. The maximum atomic E-state index is 10.3. The van der Waals surface area contributed by atoms with Crippen molar-refractivity contribution in [3.05, 3.63) is 119 Å². The summed E-state index contributed by atoms with van der Waals surface area (Å²) in [6.07, 6.45) is 0. The third-order valence-corrected chi connectivity index (χ3v) is 8.34. The van der Waals surface area contributed by atoms with E-state index in [1.54, 1.807) is 24.3 Å². The Morgan fingerprint density at radius 1 is 0.528 bits per heavy atom. The van der Waals surface area contributed by atoms with E-state index < -0.39 is 11.2 Å². The van der Waals surface area contributed by atoms with E-state index in [1.807, 2.05) is 36.4 Å². The molecule has 2 heterocycles. The highest BCUT2D eigenvalue weighted by molar-refractivity contribution is 6.04. The Balaban J connectivity index is 1.57. The van der Waals surface area contributed by atoms with E-state index in [0.717, 1.165) is 66.1 Å². The van der Waals surface area contributed by atoms with Gasteiger partial charge in [0, 0.05) is 16.7 Å². The normalized spacial score (nSPS) is 22.2. The van der Waals surface area contributed by atoms with Crippen LogP contribution in [-0.2, 0) is 11.2 Å². The Bertz CT molecular complexity index is 1890. The third-order valence-electron chi connectivity index (χ3n) is 8.34. The van der Waals surface area contributed by atoms with Gasteiger partial charge >= 0.3 is 0 Å². The molecule has 0 fully saturated rings. The molecular weight excluding hydrogens is 448 g/mol. The van der Waals surface area contributed by atoms with Gasteiger partial charge in [-0.3, -0.25) is 0 Å². The highest BCUT2D eigenvalue weighted by Crippen LogP contribution is 2.73. The average Bonchev–Trinajstić information content (AvgIpc) is 3.43. The largest absolute Gasteiger partial charge is 0.508 e. The molecule has 2 N–H and O–H groups in total. The Morgan fingerprint density at radius 2 is 1.08 bits per heavy atom. The number of phenols is 2. The predicted octanol–water partition coefficient (Wildman–Crippen LogP) is 6.84. The van der Waals surface area contributed by atoms with Crippen molar-refractivity contribution in [2.75, 3.05) is 0 Å². The summed E-state index contributed by atoms with van der Waals surface area (Å²) in [5, 5.41) is 26.7. The quantitative estimate of drug-likeness (QED) is 0.257. The first-order valence-corrected chi connectivity index (χ1v) is 12.0. The van der Waals surface area contributed by atoms with E-state index in [2.05, 4.69) is 36.4 Å². The highest BCUT2D eigenvalue weighted by atomic mass is 16.7. The van der Waals surface area contributed by atoms with Crippen LogP contribution in [0.2, 0.25) is 0 Å². The number of ether oxygens (including phenoxy) is 2. The SMILES string of the molecule is Oc1ccc2c3c(ccc2c1)OC12Oc4ccc5cc(O)ccc5c4C31c1cccc3cccc2c13. The molecule has 3 aliphatic rings. The summed E-state index contributed by atoms with van der Waals surface area (Å²) < 4.78 is 13.9. The molecule has 0 saturated heterocycles. The van der Waals surface area contributed by atoms with Gasteiger partial charge in [-0.25, -0.2) is 0 Å². The van der Waals surface area contributed by atoms with Crippen molar-refractivity contribution < 1.29 is 19.7 Å². The van der Waals surface area contributed by atoms with Crippen molar-refractivity contribution >= 4 is 32.3 Å². The van der Waals surface area contributed by atoms with Crippen molar-refractivity contribution in [3.8, 4) is 23.0 Å². The molecule has 4 heteroatoms. The van der Waals surface area contributed by atoms with Crippen LogP contribution in [0.15, 0.2) is 97.1 Å². The fraction of sp³-hybridized carbons (Fsp3) is 0.0625. The van der Waals surface area contributed by atoms with Gasteiger partial charge in [0.25, 0.3) is 5.79 Å². The van der Waals surface area contributed by atoms with Gasteiger partial charge in [0.2, 0.25) is 0 Å². The molecule has 9 rings (SSSR count). The average molecular weight is 466 g/mol. The van der Waals surface area contributed by atoms with Gasteiger partial charge in [-0.1, -0.05) is 60.7 Å². The zero-order valence-corrected chi connectivity index (χ0v) is 18.9. The van der Waals surface area contributed by atoms with Crippen molar-refractivity contribution in [2.24, 2.45) is 0 Å². The molecule has 0 aromatic heterocycles. The Hall–Kier alpha value is -4.70. The number of rotatable bonds is 0. The lowest BCUT2D eigenvalue weighted by atomic mass is 9.66. The molecule has 0 radical (unpaired) electrons. The molecule has 0 amide bonds. The van der Waals surface area contributed by atoms with Gasteiger partial charge in [-0.05, 0) is 74.3 Å². The number of benzene rings is 6. The maximum absolute atomic E-state index is 10.3. The third kappa shape index (κ3) is 1.80. The number of phenolic OH excluding ortho intramolecular Hbond substituents is 2. The van der Waals surface area contributed by atoms with Crippen LogP contribution in [0, 0.1) is 0 Å². The summed E-state index contributed by atoms with van der Waals surface area (Å²) in [4.78, 5) is 0. The van der Waals surface area contributed by atoms with Crippen LogP contribution in [0.3, 0.4) is 0 Å². The predicted molar refractivity (Wildman–Crippen MR) is 138 cm³/mol. The van der Waals surface area contributed by atoms with Crippen molar-refractivity contribution in [3.63, 3.8) is 0 Å². The first kappa shape index (κ1) is 18.6. The summed E-state index contributed by atoms with van der Waals surface area (Å²) >= 11 is 0. The van der Waals surface area contributed by atoms with Crippen LogP contribution in [0.4, 0.5) is 0 Å². The Morgan fingerprint density at radius 3 is 1.67 bits per heavy atom. The monoisotopic (exact) mass is 466 g/mol. The molecule has 6 aromatic carbocycles. The molecule has 0 bridgehead atoms. The van der Waals surface area contributed by atoms with Crippen LogP contribution < -0.4 is 9.47 Å². The molecule has 0 atom stereocenters. The molecular formula is C32H18O4. The molecule has 0 saturated carbocycles. The van der Waals surface area contributed by atoms with Crippen molar-refractivity contribution in [1.82, 2.24) is 0 Å². The van der Waals surface area contributed by atoms with E-state index in [0.29, 0.717) is 0 Å². The number of fused-ring (bicyclic) bond motifs is 6. The first-order chi connectivity index (χ1) is 17.6. The summed E-state index contributed by atoms with van der Waals surface area (Å²) in [7, 11) is 0. The molecule has 0 unspecified atom stereocenters. The smallest absolute Gasteiger partial charge is 0.296 e. The summed E-state index contributed by atoms with van der Waals surface area (Å²) in [5.74, 6) is 0.915. The second kappa shape index (κ2) is 5.74. The van der Waals surface area contributed by atoms with Gasteiger partial charge in [0.05, 0.1) is 0 Å². The van der Waals surface area contributed by atoms with Crippen molar-refractivity contribution in [1.29, 1.82) is 0 Å². The Labute approximate surface area is 205 Å². The summed E-state index contributed by atoms with van der Waals surface area (Å²) in [6.45, 7) is 0. The van der Waals surface area contributed by atoms with E-state index in [-0.39, 0.29) is 11.5 Å². The summed E-state index contributed by atoms with van der Waals surface area (Å²) in [5.41, 5.74) is 3.48. The van der Waals surface area contributed by atoms with E-state index >= 15 is 0 Å². The van der Waals surface area contributed by atoms with Crippen LogP contribution in [0.25, 0.3) is 32.3 Å². The molecule has 170 valence electrons. The van der Waals surface area contributed by atoms with Gasteiger partial charge in [0.1, 0.15) is 28.4 Å². The maximum Gasteiger partial charge on any atom is 0.296 e. The van der Waals surface area contributed by atoms with Gasteiger partial charge in [-0.15, -0.1) is 0 Å². The lowest BCUT2D eigenvalue weighted by Crippen LogP contribution is -2.47. The van der Waals surface area contributed by atoms with E-state index in [4.69, 9.17) is 9.47 Å². The standard InChI is InChI=1S/C32H18O4/c33-20-9-11-22-18(15-20)7-13-26-29(22)31-24-5-1-3-17-4-2-6-25(28(17)24)32(31,35-26)36-27-14-8-19-16-21(34)10-12-23(19)30(27)31/h1-16,33-34H. The molecule has 6 aromatic rings. The topological polar surface area (TPSA) is 58.9 Å². The minimum atomic E-state index is -1.10. The van der Waals surface area contributed by atoms with E-state index in [9.17, 15) is 10.2 Å². The molecule has 2 aliphatic heterocycles. The van der Waals surface area contributed by atoms with E-state index in [1.165, 1.54) is 0 Å². The highest BCUT2D eigenvalue weighted by Gasteiger charge is 2.74. The minimum absolute atomic E-state index is 0.228. The van der Waals surface area contributed by atoms with Gasteiger partial charge in [-0.2, -0.15) is 0 Å². The molecule has 1 aliphatic carbocycles. The second-order valence-electron chi connectivity index (χ2n) is 9.97. The van der Waals surface area contributed by atoms with Crippen LogP contribution in [0.1, 0.15) is 22.3 Å². The lowest BCUT2D eigenvalue weighted by molar-refractivity contribution is -0.113. The zero-order chi connectivity index (χ0) is 23.8. The second-order valence-corrected chi connectivity index (χ2v) is 9.97. The molecule has 36 heavy (non-hydrogen) atoms. The lowest BCUT2D eigenvalue weighted by Gasteiger charge is -2.33. The van der Waals surface area contributed by atoms with Crippen LogP contribution in [0.5, 0.6) is 23.0 Å². The molecule has 0 spiro atoms. The number of hydrogen-bond donors (Lipinski definition) is 2. The Kier molecular flexibility index (Phi) is 2.97.